The average Bonchev–Trinajstić information content (AvgIpc) is 3.19. The van der Waals surface area contributed by atoms with Gasteiger partial charge in [-0.05, 0) is 29.5 Å². The number of hydrogen-bond donors (Lipinski definition) is 0. The van der Waals surface area contributed by atoms with Gasteiger partial charge in [0.2, 0.25) is 0 Å². The zero-order chi connectivity index (χ0) is 19.5. The van der Waals surface area contributed by atoms with Gasteiger partial charge in [-0.3, -0.25) is 14.5 Å². The number of hydrogen-bond acceptors (Lipinski definition) is 4. The molecule has 3 aromatic rings. The summed E-state index contributed by atoms with van der Waals surface area (Å²) in [5, 5.41) is 0.809. The first-order valence-corrected chi connectivity index (χ1v) is 9.85. The van der Waals surface area contributed by atoms with Crippen molar-refractivity contribution in [3.8, 4) is 0 Å². The van der Waals surface area contributed by atoms with Crippen LogP contribution in [-0.4, -0.2) is 40.9 Å². The molecule has 1 aromatic heterocycles. The topological polar surface area (TPSA) is 51.5 Å². The molecule has 0 aliphatic carbocycles. The summed E-state index contributed by atoms with van der Waals surface area (Å²) < 4.78 is 7.17. The van der Waals surface area contributed by atoms with Crippen LogP contribution in [0.4, 0.5) is 4.79 Å². The molecule has 1 saturated heterocycles. The van der Waals surface area contributed by atoms with Crippen LogP contribution in [0.1, 0.15) is 11.1 Å². The van der Waals surface area contributed by atoms with Crippen LogP contribution in [0.5, 0.6) is 0 Å². The Morgan fingerprint density at radius 3 is 2.57 bits per heavy atom. The van der Waals surface area contributed by atoms with Gasteiger partial charge in [0, 0.05) is 36.3 Å². The Balaban J connectivity index is 1.69. The van der Waals surface area contributed by atoms with Crippen LogP contribution in [0.25, 0.3) is 17.0 Å². The number of methoxy groups -OCH3 is 1. The smallest absolute Gasteiger partial charge is 0.293 e. The van der Waals surface area contributed by atoms with Gasteiger partial charge in [0.15, 0.2) is 0 Å². The second-order valence-corrected chi connectivity index (χ2v) is 7.53. The highest BCUT2D eigenvalue weighted by Gasteiger charge is 2.34. The minimum atomic E-state index is -0.257. The third-order valence-electron chi connectivity index (χ3n) is 4.69. The van der Waals surface area contributed by atoms with Crippen LogP contribution < -0.4 is 0 Å². The van der Waals surface area contributed by atoms with Crippen molar-refractivity contribution < 1.29 is 14.3 Å². The van der Waals surface area contributed by atoms with Crippen LogP contribution in [0.15, 0.2) is 65.7 Å². The van der Waals surface area contributed by atoms with Crippen LogP contribution >= 0.6 is 11.8 Å². The zero-order valence-corrected chi connectivity index (χ0v) is 16.3. The Bertz CT molecular complexity index is 1060. The Labute approximate surface area is 167 Å². The molecule has 4 rings (SSSR count). The molecule has 0 saturated carbocycles. The second kappa shape index (κ2) is 8.04. The van der Waals surface area contributed by atoms with E-state index in [2.05, 4.69) is 22.8 Å². The number of imide groups is 1. The van der Waals surface area contributed by atoms with Crippen molar-refractivity contribution in [2.75, 3.05) is 20.3 Å². The van der Waals surface area contributed by atoms with E-state index < -0.39 is 0 Å². The van der Waals surface area contributed by atoms with Gasteiger partial charge in [0.1, 0.15) is 0 Å². The standard InChI is InChI=1S/C22H20N2O3S/c1-27-12-11-24-21(25)20(28-22(24)26)13-17-15-23(14-16-7-3-2-4-8-16)19-10-6-5-9-18(17)19/h2-10,13,15H,11-12,14H2,1H3/b20-13+. The third kappa shape index (κ3) is 3.61. The Morgan fingerprint density at radius 1 is 1.04 bits per heavy atom. The maximum atomic E-state index is 12.6. The van der Waals surface area contributed by atoms with Crippen LogP contribution in [-0.2, 0) is 16.1 Å². The molecule has 0 radical (unpaired) electrons. The van der Waals surface area contributed by atoms with Gasteiger partial charge >= 0.3 is 0 Å². The number of fused-ring (bicyclic) bond motifs is 1. The predicted octanol–water partition coefficient (Wildman–Crippen LogP) is 4.37. The van der Waals surface area contributed by atoms with E-state index in [4.69, 9.17) is 4.74 Å². The molecule has 2 amide bonds. The van der Waals surface area contributed by atoms with Crippen molar-refractivity contribution in [1.29, 1.82) is 0 Å². The lowest BCUT2D eigenvalue weighted by Gasteiger charge is -2.10. The van der Waals surface area contributed by atoms with Crippen molar-refractivity contribution in [3.63, 3.8) is 0 Å². The summed E-state index contributed by atoms with van der Waals surface area (Å²) >= 11 is 0.983. The molecule has 0 unspecified atom stereocenters. The fraction of sp³-hybridized carbons (Fsp3) is 0.182. The summed E-state index contributed by atoms with van der Waals surface area (Å²) in [7, 11) is 1.55. The van der Waals surface area contributed by atoms with Crippen molar-refractivity contribution in [1.82, 2.24) is 9.47 Å². The molecule has 0 spiro atoms. The summed E-state index contributed by atoms with van der Waals surface area (Å²) in [6, 6.07) is 18.3. The van der Waals surface area contributed by atoms with Crippen LogP contribution in [0, 0.1) is 0 Å². The molecule has 0 N–H and O–H groups in total. The summed E-state index contributed by atoms with van der Waals surface area (Å²) in [6.07, 6.45) is 3.86. The monoisotopic (exact) mass is 392 g/mol. The SMILES string of the molecule is COCCN1C(=O)S/C(=C/c2cn(Cc3ccccc3)c3ccccc23)C1=O. The van der Waals surface area contributed by atoms with Crippen molar-refractivity contribution in [2.24, 2.45) is 0 Å². The third-order valence-corrected chi connectivity index (χ3v) is 5.60. The van der Waals surface area contributed by atoms with E-state index in [1.807, 2.05) is 48.7 Å². The molecule has 1 aliphatic rings. The number of benzene rings is 2. The first kappa shape index (κ1) is 18.5. The maximum Gasteiger partial charge on any atom is 0.293 e. The predicted molar refractivity (Wildman–Crippen MR) is 112 cm³/mol. The minimum absolute atomic E-state index is 0.249. The minimum Gasteiger partial charge on any atom is -0.383 e. The molecule has 142 valence electrons. The highest BCUT2D eigenvalue weighted by molar-refractivity contribution is 8.18. The quantitative estimate of drug-likeness (QED) is 0.585. The number of carbonyl (C=O) groups excluding carboxylic acids is 2. The highest BCUT2D eigenvalue weighted by atomic mass is 32.2. The van der Waals surface area contributed by atoms with E-state index in [0.717, 1.165) is 34.8 Å². The fourth-order valence-electron chi connectivity index (χ4n) is 3.32. The summed E-state index contributed by atoms with van der Waals surface area (Å²) in [5.74, 6) is -0.257. The lowest BCUT2D eigenvalue weighted by atomic mass is 10.1. The van der Waals surface area contributed by atoms with Crippen molar-refractivity contribution in [2.45, 2.75) is 6.54 Å². The first-order chi connectivity index (χ1) is 13.7. The number of thioether (sulfide) groups is 1. The van der Waals surface area contributed by atoms with E-state index in [1.54, 1.807) is 7.11 Å². The second-order valence-electron chi connectivity index (χ2n) is 6.54. The lowest BCUT2D eigenvalue weighted by molar-refractivity contribution is -0.123. The largest absolute Gasteiger partial charge is 0.383 e. The normalized spacial score (nSPS) is 15.9. The highest BCUT2D eigenvalue weighted by Crippen LogP contribution is 2.34. The Hall–Kier alpha value is -2.83. The van der Waals surface area contributed by atoms with Gasteiger partial charge < -0.3 is 9.30 Å². The summed E-state index contributed by atoms with van der Waals surface area (Å²) in [5.41, 5.74) is 3.23. The molecule has 2 aromatic carbocycles. The van der Waals surface area contributed by atoms with Crippen molar-refractivity contribution in [3.05, 3.63) is 76.8 Å². The van der Waals surface area contributed by atoms with Gasteiger partial charge in [-0.15, -0.1) is 0 Å². The van der Waals surface area contributed by atoms with Gasteiger partial charge in [-0.2, -0.15) is 0 Å². The first-order valence-electron chi connectivity index (χ1n) is 9.03. The van der Waals surface area contributed by atoms with E-state index in [1.165, 1.54) is 10.5 Å². The molecular formula is C22H20N2O3S. The number of carbonyl (C=O) groups is 2. The number of amides is 2. The number of para-hydroxylation sites is 1. The molecule has 6 heteroatoms. The van der Waals surface area contributed by atoms with E-state index in [-0.39, 0.29) is 17.7 Å². The van der Waals surface area contributed by atoms with Gasteiger partial charge in [-0.25, -0.2) is 0 Å². The summed E-state index contributed by atoms with van der Waals surface area (Å²) in [6.45, 7) is 1.35. The molecule has 1 aliphatic heterocycles. The van der Waals surface area contributed by atoms with Crippen LogP contribution in [0.3, 0.4) is 0 Å². The number of nitrogens with zero attached hydrogens (tertiary/aromatic N) is 2. The Kier molecular flexibility index (Phi) is 5.32. The zero-order valence-electron chi connectivity index (χ0n) is 15.5. The molecule has 0 bridgehead atoms. The van der Waals surface area contributed by atoms with Gasteiger partial charge in [0.05, 0.1) is 18.1 Å². The van der Waals surface area contributed by atoms with E-state index in [9.17, 15) is 9.59 Å². The molecule has 2 heterocycles. The molecule has 1 fully saturated rings. The molecule has 5 nitrogen and oxygen atoms in total. The Morgan fingerprint density at radius 2 is 1.79 bits per heavy atom. The average molecular weight is 392 g/mol. The number of rotatable bonds is 6. The van der Waals surface area contributed by atoms with Gasteiger partial charge in [-0.1, -0.05) is 48.5 Å². The summed E-state index contributed by atoms with van der Waals surface area (Å²) in [4.78, 5) is 26.5. The lowest BCUT2D eigenvalue weighted by Crippen LogP contribution is -2.31. The molecule has 0 atom stereocenters. The maximum absolute atomic E-state index is 12.6. The molecule has 28 heavy (non-hydrogen) atoms. The molecular weight excluding hydrogens is 372 g/mol. The van der Waals surface area contributed by atoms with Crippen LogP contribution in [0.2, 0.25) is 0 Å². The van der Waals surface area contributed by atoms with Gasteiger partial charge in [0.25, 0.3) is 11.1 Å². The number of ether oxygens (including phenoxy) is 1. The van der Waals surface area contributed by atoms with E-state index in [0.29, 0.717) is 11.5 Å². The van der Waals surface area contributed by atoms with E-state index >= 15 is 0 Å². The van der Waals surface area contributed by atoms with Crippen molar-refractivity contribution >= 4 is 39.9 Å². The fourth-order valence-corrected chi connectivity index (χ4v) is 4.17. The number of aromatic nitrogens is 1.